The maximum absolute atomic E-state index is 13.9. The van der Waals surface area contributed by atoms with Gasteiger partial charge in [-0.1, -0.05) is 18.2 Å². The van der Waals surface area contributed by atoms with Crippen LogP contribution in [-0.4, -0.2) is 31.2 Å². The molecule has 2 aromatic carbocycles. The summed E-state index contributed by atoms with van der Waals surface area (Å²) in [6.07, 6.45) is 3.51. The number of halogens is 1. The molecule has 1 heterocycles. The van der Waals surface area contributed by atoms with Gasteiger partial charge in [0.1, 0.15) is 11.6 Å². The maximum Gasteiger partial charge on any atom is 0.257 e. The summed E-state index contributed by atoms with van der Waals surface area (Å²) >= 11 is 1.35. The van der Waals surface area contributed by atoms with Crippen molar-refractivity contribution in [3.63, 3.8) is 0 Å². The number of aromatic nitrogens is 1. The van der Waals surface area contributed by atoms with E-state index in [4.69, 9.17) is 9.47 Å². The van der Waals surface area contributed by atoms with E-state index in [1.807, 2.05) is 18.2 Å². The third kappa shape index (κ3) is 6.37. The van der Waals surface area contributed by atoms with Crippen molar-refractivity contribution < 1.29 is 18.7 Å². The number of benzene rings is 2. The van der Waals surface area contributed by atoms with Crippen LogP contribution in [0.2, 0.25) is 0 Å². The molecule has 3 aromatic rings. The summed E-state index contributed by atoms with van der Waals surface area (Å²) in [5, 5.41) is 5.12. The molecule has 0 radical (unpaired) electrons. The molecule has 0 bridgehead atoms. The van der Waals surface area contributed by atoms with Crippen molar-refractivity contribution in [2.75, 3.05) is 25.6 Å². The molecule has 3 rings (SSSR count). The Kier molecular flexibility index (Phi) is 7.72. The van der Waals surface area contributed by atoms with Gasteiger partial charge in [0, 0.05) is 37.3 Å². The molecule has 1 aromatic heterocycles. The Balaban J connectivity index is 1.75. The van der Waals surface area contributed by atoms with Gasteiger partial charge in [-0.2, -0.15) is 0 Å². The van der Waals surface area contributed by atoms with E-state index in [0.29, 0.717) is 48.1 Å². The second-order valence-corrected chi connectivity index (χ2v) is 7.34. The number of hydrogen-bond donors (Lipinski definition) is 1. The first-order chi connectivity index (χ1) is 14.2. The third-order valence-electron chi connectivity index (χ3n) is 4.28. The lowest BCUT2D eigenvalue weighted by Crippen LogP contribution is -2.13. The van der Waals surface area contributed by atoms with Crippen LogP contribution in [0.4, 0.5) is 9.52 Å². The van der Waals surface area contributed by atoms with Crippen molar-refractivity contribution in [1.29, 1.82) is 0 Å². The number of rotatable bonds is 10. The van der Waals surface area contributed by atoms with Crippen LogP contribution in [0, 0.1) is 5.82 Å². The highest BCUT2D eigenvalue weighted by atomic mass is 32.1. The second kappa shape index (κ2) is 10.7. The smallest absolute Gasteiger partial charge is 0.257 e. The fraction of sp³-hybridized carbons (Fsp3) is 0.273. The van der Waals surface area contributed by atoms with Crippen molar-refractivity contribution in [2.45, 2.75) is 19.3 Å². The Labute approximate surface area is 173 Å². The van der Waals surface area contributed by atoms with E-state index in [2.05, 4.69) is 10.3 Å². The molecule has 5 nitrogen and oxygen atoms in total. The Bertz CT molecular complexity index is 932. The highest BCUT2D eigenvalue weighted by Gasteiger charge is 2.12. The molecule has 0 aliphatic rings. The number of aryl methyl sites for hydroxylation is 2. The van der Waals surface area contributed by atoms with E-state index in [1.165, 1.54) is 17.4 Å². The van der Waals surface area contributed by atoms with E-state index in [-0.39, 0.29) is 11.7 Å². The predicted octanol–water partition coefficient (Wildman–Crippen LogP) is 4.74. The lowest BCUT2D eigenvalue weighted by Gasteiger charge is -2.12. The van der Waals surface area contributed by atoms with Crippen molar-refractivity contribution in [2.24, 2.45) is 0 Å². The molecule has 0 fully saturated rings. The first kappa shape index (κ1) is 21.0. The summed E-state index contributed by atoms with van der Waals surface area (Å²) in [7, 11) is 1.64. The molecule has 29 heavy (non-hydrogen) atoms. The molecular formula is C22H23FN2O3S. The third-order valence-corrected chi connectivity index (χ3v) is 4.97. The van der Waals surface area contributed by atoms with E-state index >= 15 is 0 Å². The largest absolute Gasteiger partial charge is 0.493 e. The minimum Gasteiger partial charge on any atom is -0.493 e. The van der Waals surface area contributed by atoms with Crippen LogP contribution < -0.4 is 10.1 Å². The van der Waals surface area contributed by atoms with E-state index in [1.54, 1.807) is 36.9 Å². The predicted molar refractivity (Wildman–Crippen MR) is 112 cm³/mol. The topological polar surface area (TPSA) is 60.5 Å². The molecule has 0 spiro atoms. The standard InChI is InChI=1S/C22H23FN2O3S/c1-27-10-4-11-28-19-14-16(7-8-17-5-2-3-6-20(17)23)13-18(15-19)21(26)25-22-24-9-12-29-22/h2-3,5-6,9,12-15H,4,7-8,10-11H2,1H3,(H,24,25,26). The Morgan fingerprint density at radius 2 is 2.03 bits per heavy atom. The van der Waals surface area contributed by atoms with Gasteiger partial charge >= 0.3 is 0 Å². The normalized spacial score (nSPS) is 10.7. The molecule has 7 heteroatoms. The Morgan fingerprint density at radius 1 is 1.17 bits per heavy atom. The molecule has 0 atom stereocenters. The minimum atomic E-state index is -0.255. The molecule has 0 saturated carbocycles. The van der Waals surface area contributed by atoms with Crippen LogP contribution in [0.25, 0.3) is 0 Å². The number of ether oxygens (including phenoxy) is 2. The summed E-state index contributed by atoms with van der Waals surface area (Å²) < 4.78 is 24.8. The fourth-order valence-corrected chi connectivity index (χ4v) is 3.37. The van der Waals surface area contributed by atoms with Gasteiger partial charge in [-0.05, 0) is 48.2 Å². The quantitative estimate of drug-likeness (QED) is 0.487. The first-order valence-corrected chi connectivity index (χ1v) is 10.2. The molecular weight excluding hydrogens is 391 g/mol. The van der Waals surface area contributed by atoms with Gasteiger partial charge in [-0.3, -0.25) is 10.1 Å². The zero-order chi connectivity index (χ0) is 20.5. The maximum atomic E-state index is 13.9. The van der Waals surface area contributed by atoms with E-state index < -0.39 is 0 Å². The van der Waals surface area contributed by atoms with Crippen molar-refractivity contribution in [3.05, 3.63) is 76.5 Å². The van der Waals surface area contributed by atoms with Gasteiger partial charge < -0.3 is 9.47 Å². The average molecular weight is 415 g/mol. The van der Waals surface area contributed by atoms with Crippen molar-refractivity contribution >= 4 is 22.4 Å². The zero-order valence-corrected chi connectivity index (χ0v) is 17.0. The monoisotopic (exact) mass is 414 g/mol. The molecule has 0 aliphatic carbocycles. The van der Waals surface area contributed by atoms with Crippen LogP contribution in [0.15, 0.2) is 54.0 Å². The average Bonchev–Trinajstić information content (AvgIpc) is 3.23. The summed E-state index contributed by atoms with van der Waals surface area (Å²) in [6.45, 7) is 1.09. The van der Waals surface area contributed by atoms with Crippen LogP contribution in [0.5, 0.6) is 5.75 Å². The summed E-state index contributed by atoms with van der Waals surface area (Å²) in [5.74, 6) is 0.132. The SMILES string of the molecule is COCCCOc1cc(CCc2ccccc2F)cc(C(=O)Nc2nccs2)c1. The van der Waals surface area contributed by atoms with Gasteiger partial charge in [0.2, 0.25) is 0 Å². The summed E-state index contributed by atoms with van der Waals surface area (Å²) in [6, 6.07) is 12.1. The summed E-state index contributed by atoms with van der Waals surface area (Å²) in [4.78, 5) is 16.7. The number of carbonyl (C=O) groups excluding carboxylic acids is 1. The Morgan fingerprint density at radius 3 is 2.79 bits per heavy atom. The molecule has 0 unspecified atom stereocenters. The van der Waals surface area contributed by atoms with E-state index in [0.717, 1.165) is 12.0 Å². The number of hydrogen-bond acceptors (Lipinski definition) is 5. The zero-order valence-electron chi connectivity index (χ0n) is 16.2. The fourth-order valence-electron chi connectivity index (χ4n) is 2.85. The molecule has 1 amide bonds. The number of amides is 1. The number of thiazole rings is 1. The number of nitrogens with zero attached hydrogens (tertiary/aromatic N) is 1. The number of nitrogens with one attached hydrogen (secondary N) is 1. The van der Waals surface area contributed by atoms with Crippen molar-refractivity contribution in [1.82, 2.24) is 4.98 Å². The van der Waals surface area contributed by atoms with E-state index in [9.17, 15) is 9.18 Å². The van der Waals surface area contributed by atoms with Gasteiger partial charge in [0.15, 0.2) is 5.13 Å². The minimum absolute atomic E-state index is 0.221. The highest BCUT2D eigenvalue weighted by molar-refractivity contribution is 7.13. The van der Waals surface area contributed by atoms with Crippen LogP contribution >= 0.6 is 11.3 Å². The highest BCUT2D eigenvalue weighted by Crippen LogP contribution is 2.21. The molecule has 1 N–H and O–H groups in total. The van der Waals surface area contributed by atoms with Gasteiger partial charge in [0.05, 0.1) is 6.61 Å². The lowest BCUT2D eigenvalue weighted by atomic mass is 10.0. The van der Waals surface area contributed by atoms with Gasteiger partial charge in [0.25, 0.3) is 5.91 Å². The summed E-state index contributed by atoms with van der Waals surface area (Å²) in [5.41, 5.74) is 2.03. The van der Waals surface area contributed by atoms with Crippen LogP contribution in [0.1, 0.15) is 27.9 Å². The number of methoxy groups -OCH3 is 1. The second-order valence-electron chi connectivity index (χ2n) is 6.44. The number of carbonyl (C=O) groups is 1. The lowest BCUT2D eigenvalue weighted by molar-refractivity contribution is 0.102. The van der Waals surface area contributed by atoms with Gasteiger partial charge in [-0.15, -0.1) is 11.3 Å². The number of anilines is 1. The molecule has 0 saturated heterocycles. The van der Waals surface area contributed by atoms with Gasteiger partial charge in [-0.25, -0.2) is 9.37 Å². The molecule has 152 valence electrons. The first-order valence-electron chi connectivity index (χ1n) is 9.35. The molecule has 0 aliphatic heterocycles. The van der Waals surface area contributed by atoms with Crippen LogP contribution in [-0.2, 0) is 17.6 Å². The van der Waals surface area contributed by atoms with Crippen LogP contribution in [0.3, 0.4) is 0 Å². The Hall–Kier alpha value is -2.77. The van der Waals surface area contributed by atoms with Crippen molar-refractivity contribution in [3.8, 4) is 5.75 Å².